The molecule has 0 aliphatic rings. The first-order chi connectivity index (χ1) is 10.0. The smallest absolute Gasteiger partial charge is 0.257 e. The van der Waals surface area contributed by atoms with E-state index < -0.39 is 17.5 Å². The molecular formula is C17H17F2NO. The Hall–Kier alpha value is -2.23. The third-order valence-electron chi connectivity index (χ3n) is 3.26. The van der Waals surface area contributed by atoms with Crippen molar-refractivity contribution in [2.45, 2.75) is 26.4 Å². The minimum Gasteiger partial charge on any atom is -0.332 e. The molecule has 4 heteroatoms. The maximum Gasteiger partial charge on any atom is 0.257 e. The van der Waals surface area contributed by atoms with Crippen LogP contribution in [0.15, 0.2) is 48.5 Å². The number of benzene rings is 2. The number of carbonyl (C=O) groups excluding carboxylic acids is 1. The molecule has 21 heavy (non-hydrogen) atoms. The number of nitrogens with zero attached hydrogens (tertiary/aromatic N) is 1. The van der Waals surface area contributed by atoms with Gasteiger partial charge >= 0.3 is 0 Å². The summed E-state index contributed by atoms with van der Waals surface area (Å²) in [6.07, 6.45) is 0. The van der Waals surface area contributed by atoms with Crippen molar-refractivity contribution in [1.82, 2.24) is 4.90 Å². The predicted molar refractivity (Wildman–Crippen MR) is 77.8 cm³/mol. The third kappa shape index (κ3) is 3.45. The highest BCUT2D eigenvalue weighted by Crippen LogP contribution is 2.17. The van der Waals surface area contributed by atoms with Gasteiger partial charge in [0.2, 0.25) is 0 Å². The lowest BCUT2D eigenvalue weighted by Gasteiger charge is -2.27. The van der Waals surface area contributed by atoms with Gasteiger partial charge < -0.3 is 4.90 Å². The van der Waals surface area contributed by atoms with Gasteiger partial charge in [-0.05, 0) is 31.5 Å². The van der Waals surface area contributed by atoms with Crippen molar-refractivity contribution in [2.24, 2.45) is 0 Å². The average Bonchev–Trinajstić information content (AvgIpc) is 2.48. The molecule has 0 saturated carbocycles. The molecule has 0 spiro atoms. The summed E-state index contributed by atoms with van der Waals surface area (Å²) in [6.45, 7) is 4.05. The molecule has 0 radical (unpaired) electrons. The van der Waals surface area contributed by atoms with Gasteiger partial charge in [0.25, 0.3) is 5.91 Å². The van der Waals surface area contributed by atoms with Crippen LogP contribution in [0.25, 0.3) is 0 Å². The molecule has 0 aromatic heterocycles. The summed E-state index contributed by atoms with van der Waals surface area (Å²) in [5.41, 5.74) is 0.705. The van der Waals surface area contributed by atoms with Crippen LogP contribution in [-0.2, 0) is 6.54 Å². The van der Waals surface area contributed by atoms with Crippen LogP contribution < -0.4 is 0 Å². The molecule has 2 aromatic rings. The van der Waals surface area contributed by atoms with Crippen LogP contribution >= 0.6 is 0 Å². The second kappa shape index (κ2) is 6.48. The minimum absolute atomic E-state index is 0.125. The van der Waals surface area contributed by atoms with Gasteiger partial charge in [0, 0.05) is 12.6 Å². The first-order valence-electron chi connectivity index (χ1n) is 6.79. The van der Waals surface area contributed by atoms with Crippen LogP contribution in [0.2, 0.25) is 0 Å². The molecule has 2 aromatic carbocycles. The van der Waals surface area contributed by atoms with Gasteiger partial charge in [0.15, 0.2) is 11.6 Å². The highest BCUT2D eigenvalue weighted by atomic mass is 19.2. The van der Waals surface area contributed by atoms with E-state index in [1.165, 1.54) is 17.0 Å². The minimum atomic E-state index is -1.10. The number of hydrogen-bond acceptors (Lipinski definition) is 1. The lowest BCUT2D eigenvalue weighted by Crippen LogP contribution is -2.37. The second-order valence-electron chi connectivity index (χ2n) is 5.11. The summed E-state index contributed by atoms with van der Waals surface area (Å²) in [5.74, 6) is -2.61. The van der Waals surface area contributed by atoms with Crippen LogP contribution in [0, 0.1) is 11.6 Å². The lowest BCUT2D eigenvalue weighted by molar-refractivity contribution is 0.0684. The van der Waals surface area contributed by atoms with E-state index >= 15 is 0 Å². The van der Waals surface area contributed by atoms with Crippen molar-refractivity contribution in [3.63, 3.8) is 0 Å². The Morgan fingerprint density at radius 3 is 2.33 bits per heavy atom. The Bertz CT molecular complexity index is 626. The van der Waals surface area contributed by atoms with E-state index in [2.05, 4.69) is 0 Å². The van der Waals surface area contributed by atoms with Crippen LogP contribution in [0.5, 0.6) is 0 Å². The molecule has 0 fully saturated rings. The van der Waals surface area contributed by atoms with Crippen LogP contribution in [0.1, 0.15) is 29.8 Å². The molecule has 0 aliphatic heterocycles. The van der Waals surface area contributed by atoms with Crippen molar-refractivity contribution in [3.05, 3.63) is 71.3 Å². The number of carbonyl (C=O) groups is 1. The monoisotopic (exact) mass is 289 g/mol. The van der Waals surface area contributed by atoms with Crippen molar-refractivity contribution in [3.8, 4) is 0 Å². The van der Waals surface area contributed by atoms with Crippen LogP contribution in [-0.4, -0.2) is 16.8 Å². The van der Waals surface area contributed by atoms with Crippen molar-refractivity contribution < 1.29 is 13.6 Å². The summed E-state index contributed by atoms with van der Waals surface area (Å²) in [5, 5.41) is 0. The Labute approximate surface area is 123 Å². The molecule has 0 atom stereocenters. The summed E-state index contributed by atoms with van der Waals surface area (Å²) in [6, 6.07) is 13.0. The molecule has 0 bridgehead atoms. The molecule has 2 nitrogen and oxygen atoms in total. The van der Waals surface area contributed by atoms with Gasteiger partial charge in [-0.1, -0.05) is 36.4 Å². The summed E-state index contributed by atoms with van der Waals surface area (Å²) < 4.78 is 27.1. The second-order valence-corrected chi connectivity index (χ2v) is 5.11. The zero-order chi connectivity index (χ0) is 15.4. The number of rotatable bonds is 4. The highest BCUT2D eigenvalue weighted by Gasteiger charge is 2.23. The Kier molecular flexibility index (Phi) is 4.68. The van der Waals surface area contributed by atoms with Crippen molar-refractivity contribution in [1.29, 1.82) is 0 Å². The van der Waals surface area contributed by atoms with E-state index in [9.17, 15) is 13.6 Å². The molecule has 0 N–H and O–H groups in total. The standard InChI is InChI=1S/C17H17F2NO/c1-12(2)20(11-13-7-4-3-5-8-13)17(21)14-9-6-10-15(18)16(14)19/h3-10,12H,11H2,1-2H3. The third-order valence-corrected chi connectivity index (χ3v) is 3.26. The first kappa shape index (κ1) is 15.2. The first-order valence-corrected chi connectivity index (χ1v) is 6.79. The molecule has 2 rings (SSSR count). The van der Waals surface area contributed by atoms with E-state index in [1.807, 2.05) is 44.2 Å². The molecule has 0 heterocycles. The molecule has 1 amide bonds. The van der Waals surface area contributed by atoms with Crippen LogP contribution in [0.3, 0.4) is 0 Å². The number of hydrogen-bond donors (Lipinski definition) is 0. The molecule has 0 saturated heterocycles. The van der Waals surface area contributed by atoms with Gasteiger partial charge in [0.1, 0.15) is 0 Å². The van der Waals surface area contributed by atoms with E-state index in [4.69, 9.17) is 0 Å². The number of amides is 1. The van der Waals surface area contributed by atoms with Gasteiger partial charge in [-0.15, -0.1) is 0 Å². The maximum absolute atomic E-state index is 13.8. The van der Waals surface area contributed by atoms with E-state index in [-0.39, 0.29) is 11.6 Å². The molecule has 0 unspecified atom stereocenters. The lowest BCUT2D eigenvalue weighted by atomic mass is 10.1. The van der Waals surface area contributed by atoms with Gasteiger partial charge in [-0.2, -0.15) is 0 Å². The largest absolute Gasteiger partial charge is 0.332 e. The van der Waals surface area contributed by atoms with Gasteiger partial charge in [0.05, 0.1) is 5.56 Å². The summed E-state index contributed by atoms with van der Waals surface area (Å²) >= 11 is 0. The quantitative estimate of drug-likeness (QED) is 0.832. The number of halogens is 2. The normalized spacial score (nSPS) is 10.7. The summed E-state index contributed by atoms with van der Waals surface area (Å²) in [7, 11) is 0. The Morgan fingerprint density at radius 2 is 1.71 bits per heavy atom. The molecule has 110 valence electrons. The summed E-state index contributed by atoms with van der Waals surface area (Å²) in [4.78, 5) is 14.0. The zero-order valence-corrected chi connectivity index (χ0v) is 12.0. The fourth-order valence-corrected chi connectivity index (χ4v) is 2.09. The van der Waals surface area contributed by atoms with Crippen LogP contribution in [0.4, 0.5) is 8.78 Å². The SMILES string of the molecule is CC(C)N(Cc1ccccc1)C(=O)c1cccc(F)c1F. The fourth-order valence-electron chi connectivity index (χ4n) is 2.09. The van der Waals surface area contributed by atoms with Crippen molar-refractivity contribution in [2.75, 3.05) is 0 Å². The van der Waals surface area contributed by atoms with E-state index in [1.54, 1.807) is 0 Å². The highest BCUT2D eigenvalue weighted by molar-refractivity contribution is 5.94. The van der Waals surface area contributed by atoms with Crippen molar-refractivity contribution >= 4 is 5.91 Å². The maximum atomic E-state index is 13.8. The zero-order valence-electron chi connectivity index (χ0n) is 12.0. The predicted octanol–water partition coefficient (Wildman–Crippen LogP) is 4.02. The van der Waals surface area contributed by atoms with E-state index in [0.29, 0.717) is 6.54 Å². The topological polar surface area (TPSA) is 20.3 Å². The molecule has 0 aliphatic carbocycles. The van der Waals surface area contributed by atoms with E-state index in [0.717, 1.165) is 11.6 Å². The average molecular weight is 289 g/mol. The Balaban J connectivity index is 2.30. The fraction of sp³-hybridized carbons (Fsp3) is 0.235. The van der Waals surface area contributed by atoms with Gasteiger partial charge in [-0.25, -0.2) is 8.78 Å². The molecular weight excluding hydrogens is 272 g/mol. The van der Waals surface area contributed by atoms with Gasteiger partial charge in [-0.3, -0.25) is 4.79 Å². The Morgan fingerprint density at radius 1 is 1.05 bits per heavy atom.